The Kier molecular flexibility index (Phi) is 2.51. The van der Waals surface area contributed by atoms with Crippen LogP contribution < -0.4 is 11.3 Å². The van der Waals surface area contributed by atoms with Crippen LogP contribution in [0, 0.1) is 17.8 Å². The fraction of sp³-hybridized carbons (Fsp3) is 0.636. The first-order chi connectivity index (χ1) is 7.33. The molecule has 0 bridgehead atoms. The van der Waals surface area contributed by atoms with Crippen LogP contribution in [0.3, 0.4) is 0 Å². The second-order valence-corrected chi connectivity index (χ2v) is 5.97. The molecule has 2 aliphatic carbocycles. The van der Waals surface area contributed by atoms with Crippen molar-refractivity contribution in [1.82, 2.24) is 5.43 Å². The molecule has 0 aliphatic heterocycles. The first-order valence-electron chi connectivity index (χ1n) is 5.52. The van der Waals surface area contributed by atoms with Crippen LogP contribution in [0.1, 0.15) is 30.2 Å². The van der Waals surface area contributed by atoms with Gasteiger partial charge in [-0.1, -0.05) is 18.0 Å². The molecule has 0 amide bonds. The van der Waals surface area contributed by atoms with E-state index < -0.39 is 0 Å². The van der Waals surface area contributed by atoms with Crippen molar-refractivity contribution in [1.29, 1.82) is 0 Å². The lowest BCUT2D eigenvalue weighted by molar-refractivity contribution is 0.431. The minimum Gasteiger partial charge on any atom is -0.271 e. The average Bonchev–Trinajstić information content (AvgIpc) is 2.66. The smallest absolute Gasteiger partial charge is 0.0601 e. The standard InChI is InChI=1S/C11H15ClN2S/c12-8-4-5-15-11(8)10(14-13)9-6-2-1-3-7(6)9/h4-7,9-10,14H,1-3,13H2. The Morgan fingerprint density at radius 3 is 2.73 bits per heavy atom. The molecule has 82 valence electrons. The Morgan fingerprint density at radius 1 is 1.47 bits per heavy atom. The van der Waals surface area contributed by atoms with E-state index in [2.05, 4.69) is 5.43 Å². The van der Waals surface area contributed by atoms with Gasteiger partial charge in [-0.3, -0.25) is 11.3 Å². The van der Waals surface area contributed by atoms with Crippen LogP contribution in [0.4, 0.5) is 0 Å². The zero-order chi connectivity index (χ0) is 10.4. The third kappa shape index (κ3) is 1.53. The number of fused-ring (bicyclic) bond motifs is 1. The molecule has 2 nitrogen and oxygen atoms in total. The molecule has 0 spiro atoms. The Labute approximate surface area is 98.8 Å². The maximum absolute atomic E-state index is 6.16. The van der Waals surface area contributed by atoms with E-state index >= 15 is 0 Å². The quantitative estimate of drug-likeness (QED) is 0.632. The van der Waals surface area contributed by atoms with E-state index in [9.17, 15) is 0 Å². The van der Waals surface area contributed by atoms with Crippen molar-refractivity contribution in [3.8, 4) is 0 Å². The van der Waals surface area contributed by atoms with Gasteiger partial charge in [0.25, 0.3) is 0 Å². The van der Waals surface area contributed by atoms with Crippen molar-refractivity contribution in [2.75, 3.05) is 0 Å². The van der Waals surface area contributed by atoms with Crippen molar-refractivity contribution in [3.05, 3.63) is 21.3 Å². The van der Waals surface area contributed by atoms with Crippen molar-refractivity contribution in [2.45, 2.75) is 25.3 Å². The summed E-state index contributed by atoms with van der Waals surface area (Å²) in [5.74, 6) is 8.22. The molecule has 3 rings (SSSR count). The van der Waals surface area contributed by atoms with Crippen LogP contribution in [0.15, 0.2) is 11.4 Å². The molecule has 0 saturated heterocycles. The zero-order valence-corrected chi connectivity index (χ0v) is 10.0. The van der Waals surface area contributed by atoms with Gasteiger partial charge in [-0.2, -0.15) is 0 Å². The number of hydrazine groups is 1. The monoisotopic (exact) mass is 242 g/mol. The third-order valence-electron chi connectivity index (χ3n) is 3.96. The molecule has 4 heteroatoms. The SMILES string of the molecule is NNC(c1sccc1Cl)C1C2CCCC21. The van der Waals surface area contributed by atoms with Gasteiger partial charge in [0.05, 0.1) is 11.1 Å². The highest BCUT2D eigenvalue weighted by Crippen LogP contribution is 2.62. The summed E-state index contributed by atoms with van der Waals surface area (Å²) in [4.78, 5) is 1.22. The fourth-order valence-electron chi connectivity index (χ4n) is 3.26. The number of halogens is 1. The minimum atomic E-state index is 0.285. The van der Waals surface area contributed by atoms with E-state index in [1.54, 1.807) is 11.3 Å². The molecule has 3 atom stereocenters. The molecule has 2 saturated carbocycles. The van der Waals surface area contributed by atoms with E-state index in [4.69, 9.17) is 17.4 Å². The van der Waals surface area contributed by atoms with E-state index in [1.807, 2.05) is 11.4 Å². The summed E-state index contributed by atoms with van der Waals surface area (Å²) in [6.07, 6.45) is 4.17. The van der Waals surface area contributed by atoms with Crippen molar-refractivity contribution in [2.24, 2.45) is 23.6 Å². The van der Waals surface area contributed by atoms with Gasteiger partial charge in [-0.25, -0.2) is 0 Å². The first kappa shape index (κ1) is 10.1. The van der Waals surface area contributed by atoms with Crippen LogP contribution in [0.5, 0.6) is 0 Å². The van der Waals surface area contributed by atoms with Gasteiger partial charge >= 0.3 is 0 Å². The van der Waals surface area contributed by atoms with E-state index in [0.717, 1.165) is 22.8 Å². The topological polar surface area (TPSA) is 38.0 Å². The van der Waals surface area contributed by atoms with Crippen molar-refractivity contribution >= 4 is 22.9 Å². The van der Waals surface area contributed by atoms with E-state index in [0.29, 0.717) is 0 Å². The summed E-state index contributed by atoms with van der Waals surface area (Å²) in [5.41, 5.74) is 2.96. The van der Waals surface area contributed by atoms with Gasteiger partial charge < -0.3 is 0 Å². The van der Waals surface area contributed by atoms with Gasteiger partial charge in [0.2, 0.25) is 0 Å². The molecule has 2 fully saturated rings. The number of hydrogen-bond acceptors (Lipinski definition) is 3. The van der Waals surface area contributed by atoms with Crippen LogP contribution >= 0.6 is 22.9 Å². The number of thiophene rings is 1. The molecular weight excluding hydrogens is 228 g/mol. The number of nitrogens with one attached hydrogen (secondary N) is 1. The molecule has 3 N–H and O–H groups in total. The van der Waals surface area contributed by atoms with Gasteiger partial charge in [0, 0.05) is 4.88 Å². The van der Waals surface area contributed by atoms with Crippen molar-refractivity contribution < 1.29 is 0 Å². The molecule has 1 aromatic heterocycles. The molecule has 2 aliphatic rings. The summed E-state index contributed by atoms with van der Waals surface area (Å²) < 4.78 is 0. The molecule has 0 radical (unpaired) electrons. The van der Waals surface area contributed by atoms with Crippen LogP contribution in [-0.4, -0.2) is 0 Å². The molecule has 1 heterocycles. The summed E-state index contributed by atoms with van der Waals surface area (Å²) in [6.45, 7) is 0. The predicted octanol–water partition coefficient (Wildman–Crippen LogP) is 2.95. The Hall–Kier alpha value is -0.0900. The first-order valence-corrected chi connectivity index (χ1v) is 6.77. The highest BCUT2D eigenvalue weighted by atomic mass is 35.5. The lowest BCUT2D eigenvalue weighted by Crippen LogP contribution is -2.30. The average molecular weight is 243 g/mol. The number of hydrogen-bond donors (Lipinski definition) is 2. The second-order valence-electron chi connectivity index (χ2n) is 4.61. The van der Waals surface area contributed by atoms with Gasteiger partial charge in [-0.15, -0.1) is 11.3 Å². The predicted molar refractivity (Wildman–Crippen MR) is 63.7 cm³/mol. The number of nitrogens with two attached hydrogens (primary N) is 1. The Bertz CT molecular complexity index is 355. The van der Waals surface area contributed by atoms with Crippen LogP contribution in [-0.2, 0) is 0 Å². The maximum atomic E-state index is 6.16. The largest absolute Gasteiger partial charge is 0.271 e. The molecule has 1 aromatic rings. The second kappa shape index (κ2) is 3.74. The molecule has 0 aromatic carbocycles. The van der Waals surface area contributed by atoms with Crippen LogP contribution in [0.25, 0.3) is 0 Å². The van der Waals surface area contributed by atoms with Crippen LogP contribution in [0.2, 0.25) is 5.02 Å². The highest BCUT2D eigenvalue weighted by Gasteiger charge is 2.56. The third-order valence-corrected chi connectivity index (χ3v) is 5.41. The lowest BCUT2D eigenvalue weighted by Gasteiger charge is -2.16. The molecule has 15 heavy (non-hydrogen) atoms. The molecule has 3 unspecified atom stereocenters. The fourth-order valence-corrected chi connectivity index (χ4v) is 4.55. The summed E-state index contributed by atoms with van der Waals surface area (Å²) in [7, 11) is 0. The zero-order valence-electron chi connectivity index (χ0n) is 8.45. The van der Waals surface area contributed by atoms with E-state index in [1.165, 1.54) is 24.1 Å². The van der Waals surface area contributed by atoms with Crippen molar-refractivity contribution in [3.63, 3.8) is 0 Å². The maximum Gasteiger partial charge on any atom is 0.0601 e. The van der Waals surface area contributed by atoms with Gasteiger partial charge in [-0.05, 0) is 42.0 Å². The summed E-state index contributed by atoms with van der Waals surface area (Å²) in [5, 5.41) is 2.91. The van der Waals surface area contributed by atoms with Gasteiger partial charge in [0.1, 0.15) is 0 Å². The number of rotatable bonds is 3. The highest BCUT2D eigenvalue weighted by molar-refractivity contribution is 7.10. The van der Waals surface area contributed by atoms with E-state index in [-0.39, 0.29) is 6.04 Å². The normalized spacial score (nSPS) is 35.2. The minimum absolute atomic E-state index is 0.285. The lowest BCUT2D eigenvalue weighted by atomic mass is 10.0. The van der Waals surface area contributed by atoms with Gasteiger partial charge in [0.15, 0.2) is 0 Å². The molecular formula is C11H15ClN2S. The Balaban J connectivity index is 1.81. The summed E-state index contributed by atoms with van der Waals surface area (Å²) in [6, 6.07) is 2.25. The Morgan fingerprint density at radius 2 is 2.20 bits per heavy atom. The summed E-state index contributed by atoms with van der Waals surface area (Å²) >= 11 is 7.87.